The standard InChI is InChI=1S/C15H16N2O4S/c1-10-16-13-8-7-12(9-14(13)22(19,20)17-10)21-15(18)11-5-3-2-4-6-11/h2-10,16-17,19-20H,1H3. The van der Waals surface area contributed by atoms with Gasteiger partial charge in [-0.25, -0.2) is 4.79 Å². The first-order valence-corrected chi connectivity index (χ1v) is 8.24. The Hall–Kier alpha value is -2.06. The fourth-order valence-electron chi connectivity index (χ4n) is 2.23. The molecule has 0 aliphatic carbocycles. The van der Waals surface area contributed by atoms with Crippen LogP contribution in [0.15, 0.2) is 53.4 Å². The Labute approximate surface area is 129 Å². The van der Waals surface area contributed by atoms with E-state index in [1.54, 1.807) is 43.3 Å². The minimum Gasteiger partial charge on any atom is -0.423 e. The number of carbonyl (C=O) groups is 1. The summed E-state index contributed by atoms with van der Waals surface area (Å²) in [6.45, 7) is 1.78. The highest BCUT2D eigenvalue weighted by Crippen LogP contribution is 2.52. The van der Waals surface area contributed by atoms with Crippen LogP contribution in [0.1, 0.15) is 17.3 Å². The third kappa shape index (κ3) is 2.93. The third-order valence-corrected chi connectivity index (χ3v) is 4.83. The summed E-state index contributed by atoms with van der Waals surface area (Å²) >= 11 is 0. The van der Waals surface area contributed by atoms with Gasteiger partial charge in [0.1, 0.15) is 10.6 Å². The number of esters is 1. The summed E-state index contributed by atoms with van der Waals surface area (Å²) in [4.78, 5) is 12.3. The van der Waals surface area contributed by atoms with Gasteiger partial charge in [-0.1, -0.05) is 18.2 Å². The van der Waals surface area contributed by atoms with Gasteiger partial charge in [-0.15, -0.1) is 10.8 Å². The number of carbonyl (C=O) groups excluding carboxylic acids is 1. The number of hydrogen-bond acceptors (Lipinski definition) is 6. The fraction of sp³-hybridized carbons (Fsp3) is 0.133. The van der Waals surface area contributed by atoms with E-state index in [0.29, 0.717) is 11.3 Å². The van der Waals surface area contributed by atoms with Crippen molar-refractivity contribution in [1.29, 1.82) is 0 Å². The number of ether oxygens (including phenoxy) is 1. The molecule has 3 rings (SSSR count). The first-order chi connectivity index (χ1) is 10.5. The van der Waals surface area contributed by atoms with Gasteiger partial charge in [0.05, 0.1) is 17.4 Å². The van der Waals surface area contributed by atoms with Crippen molar-refractivity contribution in [3.8, 4) is 5.75 Å². The predicted octanol–water partition coefficient (Wildman–Crippen LogP) is 3.29. The molecule has 1 aliphatic rings. The van der Waals surface area contributed by atoms with E-state index in [-0.39, 0.29) is 16.8 Å². The Morgan fingerprint density at radius 2 is 1.91 bits per heavy atom. The molecule has 116 valence electrons. The van der Waals surface area contributed by atoms with Crippen molar-refractivity contribution in [3.63, 3.8) is 0 Å². The molecule has 0 radical (unpaired) electrons. The zero-order valence-electron chi connectivity index (χ0n) is 11.8. The molecule has 6 nitrogen and oxygen atoms in total. The number of fused-ring (bicyclic) bond motifs is 1. The molecule has 0 aromatic heterocycles. The Balaban J connectivity index is 1.87. The van der Waals surface area contributed by atoms with E-state index in [0.717, 1.165) is 0 Å². The molecule has 0 fully saturated rings. The summed E-state index contributed by atoms with van der Waals surface area (Å²) < 4.78 is 28.2. The van der Waals surface area contributed by atoms with Crippen LogP contribution < -0.4 is 14.8 Å². The van der Waals surface area contributed by atoms with Crippen molar-refractivity contribution in [1.82, 2.24) is 4.72 Å². The number of hydrogen-bond donors (Lipinski definition) is 4. The lowest BCUT2D eigenvalue weighted by Crippen LogP contribution is -2.39. The normalized spacial score (nSPS) is 20.4. The maximum absolute atomic E-state index is 12.0. The van der Waals surface area contributed by atoms with Crippen LogP contribution >= 0.6 is 10.8 Å². The second kappa shape index (κ2) is 5.62. The van der Waals surface area contributed by atoms with Gasteiger partial charge in [0, 0.05) is 6.07 Å². The molecule has 1 unspecified atom stereocenters. The first kappa shape index (κ1) is 14.9. The Morgan fingerprint density at radius 3 is 2.64 bits per heavy atom. The molecule has 1 heterocycles. The molecule has 4 N–H and O–H groups in total. The van der Waals surface area contributed by atoms with Crippen molar-refractivity contribution in [3.05, 3.63) is 54.1 Å². The van der Waals surface area contributed by atoms with Crippen molar-refractivity contribution in [2.45, 2.75) is 18.0 Å². The van der Waals surface area contributed by atoms with Crippen LogP contribution in [0.25, 0.3) is 0 Å². The molecule has 0 amide bonds. The summed E-state index contributed by atoms with van der Waals surface area (Å²) in [7, 11) is -3.12. The van der Waals surface area contributed by atoms with E-state index in [4.69, 9.17) is 4.74 Å². The van der Waals surface area contributed by atoms with Gasteiger partial charge in [-0.3, -0.25) is 9.11 Å². The third-order valence-electron chi connectivity index (χ3n) is 3.19. The molecule has 1 aliphatic heterocycles. The Kier molecular flexibility index (Phi) is 3.79. The second-order valence-electron chi connectivity index (χ2n) is 4.95. The largest absolute Gasteiger partial charge is 0.423 e. The van der Waals surface area contributed by atoms with Gasteiger partial charge in [-0.05, 0) is 31.2 Å². The van der Waals surface area contributed by atoms with E-state index in [1.807, 2.05) is 6.07 Å². The van der Waals surface area contributed by atoms with Crippen molar-refractivity contribution >= 4 is 22.4 Å². The minimum atomic E-state index is -3.12. The highest BCUT2D eigenvalue weighted by molar-refractivity contribution is 8.22. The van der Waals surface area contributed by atoms with E-state index in [2.05, 4.69) is 10.0 Å². The molecule has 0 bridgehead atoms. The Bertz CT molecular complexity index is 706. The number of anilines is 1. The van der Waals surface area contributed by atoms with E-state index in [1.165, 1.54) is 6.07 Å². The minimum absolute atomic E-state index is 0.255. The van der Waals surface area contributed by atoms with Crippen LogP contribution in [-0.2, 0) is 0 Å². The lowest BCUT2D eigenvalue weighted by Gasteiger charge is -2.42. The van der Waals surface area contributed by atoms with Crippen LogP contribution in [0.2, 0.25) is 0 Å². The zero-order chi connectivity index (χ0) is 15.7. The molecule has 0 saturated carbocycles. The average molecular weight is 320 g/mol. The van der Waals surface area contributed by atoms with E-state index >= 15 is 0 Å². The van der Waals surface area contributed by atoms with Crippen LogP contribution in [0.5, 0.6) is 5.75 Å². The number of rotatable bonds is 2. The monoisotopic (exact) mass is 320 g/mol. The Morgan fingerprint density at radius 1 is 1.18 bits per heavy atom. The second-order valence-corrected chi connectivity index (χ2v) is 6.72. The van der Waals surface area contributed by atoms with Gasteiger partial charge in [-0.2, -0.15) is 4.72 Å². The molecular weight excluding hydrogens is 304 g/mol. The van der Waals surface area contributed by atoms with Gasteiger partial charge in [0.15, 0.2) is 0 Å². The van der Waals surface area contributed by atoms with Crippen LogP contribution in [0.4, 0.5) is 5.69 Å². The topological polar surface area (TPSA) is 90.8 Å². The lowest BCUT2D eigenvalue weighted by molar-refractivity contribution is 0.0734. The highest BCUT2D eigenvalue weighted by atomic mass is 32.3. The molecular formula is C15H16N2O4S. The van der Waals surface area contributed by atoms with E-state index < -0.39 is 16.7 Å². The number of nitrogens with one attached hydrogen (secondary N) is 2. The lowest BCUT2D eigenvalue weighted by atomic mass is 10.2. The predicted molar refractivity (Wildman–Crippen MR) is 85.2 cm³/mol. The number of benzene rings is 2. The van der Waals surface area contributed by atoms with Crippen LogP contribution in [0, 0.1) is 0 Å². The molecule has 2 aromatic rings. The van der Waals surface area contributed by atoms with Crippen molar-refractivity contribution in [2.75, 3.05) is 5.32 Å². The molecule has 7 heteroatoms. The average Bonchev–Trinajstić information content (AvgIpc) is 2.48. The SMILES string of the molecule is CC1Nc2ccc(OC(=O)c3ccccc3)cc2S(O)(O)N1. The fourth-order valence-corrected chi connectivity index (χ4v) is 3.63. The highest BCUT2D eigenvalue weighted by Gasteiger charge is 2.28. The molecule has 0 saturated heterocycles. The van der Waals surface area contributed by atoms with Crippen molar-refractivity contribution < 1.29 is 18.6 Å². The van der Waals surface area contributed by atoms with Gasteiger partial charge >= 0.3 is 5.97 Å². The van der Waals surface area contributed by atoms with Gasteiger partial charge in [0.25, 0.3) is 0 Å². The van der Waals surface area contributed by atoms with E-state index in [9.17, 15) is 13.9 Å². The van der Waals surface area contributed by atoms with Gasteiger partial charge in [0.2, 0.25) is 0 Å². The summed E-state index contributed by atoms with van der Waals surface area (Å²) in [6.07, 6.45) is -0.268. The van der Waals surface area contributed by atoms with Gasteiger partial charge < -0.3 is 10.1 Å². The summed E-state index contributed by atoms with van der Waals surface area (Å²) in [5.41, 5.74) is 1.03. The first-order valence-electron chi connectivity index (χ1n) is 6.69. The molecule has 0 spiro atoms. The zero-order valence-corrected chi connectivity index (χ0v) is 12.6. The summed E-state index contributed by atoms with van der Waals surface area (Å²) in [5, 5.41) is 3.08. The maximum Gasteiger partial charge on any atom is 0.343 e. The van der Waals surface area contributed by atoms with Crippen molar-refractivity contribution in [2.24, 2.45) is 0 Å². The maximum atomic E-state index is 12.0. The molecule has 22 heavy (non-hydrogen) atoms. The summed E-state index contributed by atoms with van der Waals surface area (Å²) in [6, 6.07) is 13.3. The van der Waals surface area contributed by atoms with Crippen LogP contribution in [0.3, 0.4) is 0 Å². The molecule has 2 aromatic carbocycles. The summed E-state index contributed by atoms with van der Waals surface area (Å²) in [5.74, 6) is -0.243. The molecule has 1 atom stereocenters. The van der Waals surface area contributed by atoms with Crippen LogP contribution in [-0.4, -0.2) is 21.2 Å². The quantitative estimate of drug-likeness (QED) is 0.501. The smallest absolute Gasteiger partial charge is 0.343 e.